The van der Waals surface area contributed by atoms with Crippen LogP contribution in [0.4, 0.5) is 0 Å². The average molecular weight is 506 g/mol. The van der Waals surface area contributed by atoms with E-state index in [4.69, 9.17) is 9.47 Å². The fraction of sp³-hybridized carbons (Fsp3) is 0.200. The van der Waals surface area contributed by atoms with E-state index < -0.39 is 0 Å². The number of halogens is 1. The Balaban J connectivity index is 1.57. The number of pyridine rings is 1. The van der Waals surface area contributed by atoms with Crippen LogP contribution in [0.2, 0.25) is 0 Å². The molecule has 4 aromatic rings. The number of nitriles is 1. The highest BCUT2D eigenvalue weighted by Gasteiger charge is 2.19. The highest BCUT2D eigenvalue weighted by atomic mass is 79.9. The Hall–Kier alpha value is -2.79. The largest absolute Gasteiger partial charge is 0.489 e. The second-order valence-corrected chi connectivity index (χ2v) is 9.38. The first-order valence-electron chi connectivity index (χ1n) is 10.4. The SMILES string of the molecule is N#Cc1cc(-c2cc3c(Br)ccnc3n2Sc2ccccc2)ccc1OC1CCOCC1. The van der Waals surface area contributed by atoms with Crippen molar-refractivity contribution in [3.8, 4) is 23.1 Å². The van der Waals surface area contributed by atoms with Crippen LogP contribution in [0.15, 0.2) is 76.2 Å². The molecule has 7 heteroatoms. The summed E-state index contributed by atoms with van der Waals surface area (Å²) in [5, 5.41) is 10.8. The first-order chi connectivity index (χ1) is 15.7. The van der Waals surface area contributed by atoms with Gasteiger partial charge in [-0.1, -0.05) is 18.2 Å². The molecule has 1 fully saturated rings. The number of benzene rings is 2. The maximum Gasteiger partial charge on any atom is 0.151 e. The Morgan fingerprint density at radius 3 is 2.69 bits per heavy atom. The molecule has 0 unspecified atom stereocenters. The predicted octanol–water partition coefficient (Wildman–Crippen LogP) is 6.45. The Labute approximate surface area is 199 Å². The van der Waals surface area contributed by atoms with E-state index in [0.717, 1.165) is 44.5 Å². The number of rotatable bonds is 5. The highest BCUT2D eigenvalue weighted by Crippen LogP contribution is 2.38. The first kappa shape index (κ1) is 21.1. The van der Waals surface area contributed by atoms with Crippen LogP contribution in [0.25, 0.3) is 22.3 Å². The van der Waals surface area contributed by atoms with Crippen molar-refractivity contribution in [1.29, 1.82) is 5.26 Å². The van der Waals surface area contributed by atoms with E-state index in [1.54, 1.807) is 18.1 Å². The molecule has 1 saturated heterocycles. The summed E-state index contributed by atoms with van der Waals surface area (Å²) in [5.41, 5.74) is 3.31. The van der Waals surface area contributed by atoms with E-state index in [-0.39, 0.29) is 6.10 Å². The predicted molar refractivity (Wildman–Crippen MR) is 130 cm³/mol. The molecule has 3 heterocycles. The summed E-state index contributed by atoms with van der Waals surface area (Å²) < 4.78 is 14.6. The molecular formula is C25H20BrN3O2S. The zero-order chi connectivity index (χ0) is 21.9. The van der Waals surface area contributed by atoms with Gasteiger partial charge in [0.2, 0.25) is 0 Å². The molecule has 160 valence electrons. The Morgan fingerprint density at radius 1 is 1.09 bits per heavy atom. The maximum atomic E-state index is 9.82. The van der Waals surface area contributed by atoms with Gasteiger partial charge in [0.1, 0.15) is 17.9 Å². The lowest BCUT2D eigenvalue weighted by atomic mass is 10.1. The van der Waals surface area contributed by atoms with Gasteiger partial charge in [-0.25, -0.2) is 4.98 Å². The van der Waals surface area contributed by atoms with Crippen LogP contribution in [0.5, 0.6) is 5.75 Å². The topological polar surface area (TPSA) is 60.1 Å². The number of nitrogens with zero attached hydrogens (tertiary/aromatic N) is 3. The molecule has 0 aliphatic carbocycles. The van der Waals surface area contributed by atoms with Gasteiger partial charge in [0, 0.05) is 39.4 Å². The summed E-state index contributed by atoms with van der Waals surface area (Å²) in [6.07, 6.45) is 3.56. The second kappa shape index (κ2) is 9.37. The van der Waals surface area contributed by atoms with Gasteiger partial charge in [-0.15, -0.1) is 0 Å². The minimum absolute atomic E-state index is 0.0851. The number of ether oxygens (including phenoxy) is 2. The van der Waals surface area contributed by atoms with Crippen molar-refractivity contribution in [2.75, 3.05) is 13.2 Å². The van der Waals surface area contributed by atoms with Crippen LogP contribution in [0.3, 0.4) is 0 Å². The van der Waals surface area contributed by atoms with Crippen LogP contribution in [0.1, 0.15) is 18.4 Å². The van der Waals surface area contributed by atoms with Crippen molar-refractivity contribution in [3.63, 3.8) is 0 Å². The molecule has 0 spiro atoms. The molecule has 5 nitrogen and oxygen atoms in total. The standard InChI is InChI=1S/C25H20BrN3O2S/c26-22-8-11-28-25-21(22)15-23(29(25)32-20-4-2-1-3-5-20)17-6-7-24(18(14-17)16-27)31-19-9-12-30-13-10-19/h1-8,11,14-15,19H,9-10,12-13H2. The summed E-state index contributed by atoms with van der Waals surface area (Å²) in [6, 6.07) is 22.4. The molecule has 2 aromatic carbocycles. The molecule has 2 aromatic heterocycles. The van der Waals surface area contributed by atoms with Crippen LogP contribution >= 0.6 is 27.9 Å². The lowest BCUT2D eigenvalue weighted by Gasteiger charge is -2.24. The van der Waals surface area contributed by atoms with Crippen LogP contribution < -0.4 is 4.74 Å². The number of hydrogen-bond donors (Lipinski definition) is 0. The second-order valence-electron chi connectivity index (χ2n) is 7.51. The van der Waals surface area contributed by atoms with Crippen LogP contribution in [-0.2, 0) is 4.74 Å². The van der Waals surface area contributed by atoms with Gasteiger partial charge in [0.05, 0.1) is 24.5 Å². The van der Waals surface area contributed by atoms with Gasteiger partial charge >= 0.3 is 0 Å². The van der Waals surface area contributed by atoms with Gasteiger partial charge in [0.15, 0.2) is 5.65 Å². The van der Waals surface area contributed by atoms with E-state index >= 15 is 0 Å². The van der Waals surface area contributed by atoms with Gasteiger partial charge in [-0.2, -0.15) is 5.26 Å². The van der Waals surface area contributed by atoms with E-state index in [2.05, 4.69) is 49.2 Å². The molecule has 1 aliphatic heterocycles. The van der Waals surface area contributed by atoms with E-state index in [0.29, 0.717) is 24.5 Å². The highest BCUT2D eigenvalue weighted by molar-refractivity contribution is 9.10. The van der Waals surface area contributed by atoms with E-state index in [9.17, 15) is 5.26 Å². The smallest absolute Gasteiger partial charge is 0.151 e. The van der Waals surface area contributed by atoms with Crippen molar-refractivity contribution >= 4 is 38.9 Å². The molecule has 1 aliphatic rings. The third-order valence-corrected chi connectivity index (χ3v) is 7.13. The van der Waals surface area contributed by atoms with E-state index in [1.807, 2.05) is 42.5 Å². The summed E-state index contributed by atoms with van der Waals surface area (Å²) in [5.74, 6) is 0.626. The van der Waals surface area contributed by atoms with Crippen LogP contribution in [-0.4, -0.2) is 28.3 Å². The Kier molecular flexibility index (Phi) is 6.17. The third-order valence-electron chi connectivity index (χ3n) is 5.41. The third kappa shape index (κ3) is 4.26. The normalized spacial score (nSPS) is 14.4. The zero-order valence-electron chi connectivity index (χ0n) is 17.2. The van der Waals surface area contributed by atoms with Crippen molar-refractivity contribution < 1.29 is 9.47 Å². The van der Waals surface area contributed by atoms with Crippen molar-refractivity contribution in [2.45, 2.75) is 23.8 Å². The minimum Gasteiger partial charge on any atom is -0.489 e. The monoisotopic (exact) mass is 505 g/mol. The van der Waals surface area contributed by atoms with Crippen molar-refractivity contribution in [1.82, 2.24) is 8.96 Å². The molecule has 0 amide bonds. The molecule has 5 rings (SSSR count). The first-order valence-corrected chi connectivity index (χ1v) is 12.0. The lowest BCUT2D eigenvalue weighted by molar-refractivity contribution is 0.0254. The Bertz CT molecular complexity index is 1290. The number of fused-ring (bicyclic) bond motifs is 1. The molecule has 0 bridgehead atoms. The van der Waals surface area contributed by atoms with Gasteiger partial charge < -0.3 is 9.47 Å². The average Bonchev–Trinajstić information content (AvgIpc) is 3.20. The molecule has 0 atom stereocenters. The van der Waals surface area contributed by atoms with Crippen molar-refractivity contribution in [3.05, 3.63) is 76.9 Å². The molecular weight excluding hydrogens is 486 g/mol. The molecule has 0 saturated carbocycles. The van der Waals surface area contributed by atoms with Crippen LogP contribution in [0, 0.1) is 11.3 Å². The molecule has 0 radical (unpaired) electrons. The summed E-state index contributed by atoms with van der Waals surface area (Å²) in [4.78, 5) is 5.74. The van der Waals surface area contributed by atoms with Crippen molar-refractivity contribution in [2.24, 2.45) is 0 Å². The van der Waals surface area contributed by atoms with Gasteiger partial charge in [-0.3, -0.25) is 3.97 Å². The number of aromatic nitrogens is 2. The summed E-state index contributed by atoms with van der Waals surface area (Å²) >= 11 is 5.26. The zero-order valence-corrected chi connectivity index (χ0v) is 19.6. The fourth-order valence-electron chi connectivity index (χ4n) is 3.78. The molecule has 32 heavy (non-hydrogen) atoms. The number of hydrogen-bond acceptors (Lipinski definition) is 5. The summed E-state index contributed by atoms with van der Waals surface area (Å²) in [7, 11) is 0. The van der Waals surface area contributed by atoms with E-state index in [1.165, 1.54) is 0 Å². The molecule has 0 N–H and O–H groups in total. The minimum atomic E-state index is 0.0851. The fourth-order valence-corrected chi connectivity index (χ4v) is 5.16. The lowest BCUT2D eigenvalue weighted by Crippen LogP contribution is -2.26. The van der Waals surface area contributed by atoms with Gasteiger partial charge in [-0.05, 0) is 70.3 Å². The maximum absolute atomic E-state index is 9.82. The Morgan fingerprint density at radius 2 is 1.91 bits per heavy atom. The quantitative estimate of drug-likeness (QED) is 0.311. The summed E-state index contributed by atoms with van der Waals surface area (Å²) in [6.45, 7) is 1.40. The van der Waals surface area contributed by atoms with Gasteiger partial charge in [0.25, 0.3) is 0 Å².